The van der Waals surface area contributed by atoms with Crippen LogP contribution in [0.5, 0.6) is 0 Å². The number of benzene rings is 2. The number of hydrogen-bond acceptors (Lipinski definition) is 7. The lowest BCUT2D eigenvalue weighted by Crippen LogP contribution is -2.52. The molecule has 3 atom stereocenters. The first kappa shape index (κ1) is 28.3. The van der Waals surface area contributed by atoms with E-state index in [4.69, 9.17) is 9.73 Å². The Balaban J connectivity index is 1.46. The van der Waals surface area contributed by atoms with Crippen molar-refractivity contribution in [1.82, 2.24) is 15.1 Å². The Hall–Kier alpha value is -4.27. The number of morpholine rings is 1. The average molecular weight is 558 g/mol. The highest BCUT2D eigenvalue weighted by atomic mass is 16.5. The number of aliphatic imine (C=N–C) groups is 1. The van der Waals surface area contributed by atoms with Gasteiger partial charge in [0.25, 0.3) is 5.91 Å². The standard InChI is InChI=1S/C30H35N7O4/c1-20-10-11-21(2)37(20)27(38)19-36-26-9-4-3-8-24(26)25(18-35-12-14-41-15-13-35)33-28(29(36)39)34-30(40)32-23-7-5-6-22(16-23)17-31/h3-9,16,20-21,28H,10-15,18-19H2,1-2H3,(H2,32,34,40)/t20-,21+,28?. The van der Waals surface area contributed by atoms with Crippen molar-refractivity contribution in [3.05, 3.63) is 59.7 Å². The van der Waals surface area contributed by atoms with Crippen LogP contribution in [0.3, 0.4) is 0 Å². The third-order valence-corrected chi connectivity index (χ3v) is 7.82. The van der Waals surface area contributed by atoms with Crippen LogP contribution in [0.25, 0.3) is 0 Å². The van der Waals surface area contributed by atoms with Crippen LogP contribution in [0.15, 0.2) is 53.5 Å². The summed E-state index contributed by atoms with van der Waals surface area (Å²) >= 11 is 0. The number of nitrogens with one attached hydrogen (secondary N) is 2. The van der Waals surface area contributed by atoms with E-state index in [1.807, 2.05) is 49.1 Å². The first-order chi connectivity index (χ1) is 19.8. The highest BCUT2D eigenvalue weighted by Crippen LogP contribution is 2.29. The van der Waals surface area contributed by atoms with Crippen LogP contribution in [-0.2, 0) is 14.3 Å². The summed E-state index contributed by atoms with van der Waals surface area (Å²) < 4.78 is 5.50. The summed E-state index contributed by atoms with van der Waals surface area (Å²) in [6.45, 7) is 7.00. The number of fused-ring (bicyclic) bond motifs is 1. The van der Waals surface area contributed by atoms with Crippen LogP contribution in [0, 0.1) is 11.3 Å². The molecule has 1 unspecified atom stereocenters. The van der Waals surface area contributed by atoms with Crippen molar-refractivity contribution in [2.75, 3.05) is 49.6 Å². The van der Waals surface area contributed by atoms with Gasteiger partial charge in [-0.2, -0.15) is 5.26 Å². The van der Waals surface area contributed by atoms with Crippen LogP contribution < -0.4 is 15.5 Å². The highest BCUT2D eigenvalue weighted by molar-refractivity contribution is 6.15. The number of nitrogens with zero attached hydrogens (tertiary/aromatic N) is 5. The zero-order valence-electron chi connectivity index (χ0n) is 23.4. The second kappa shape index (κ2) is 12.5. The predicted molar refractivity (Wildman–Crippen MR) is 155 cm³/mol. The smallest absolute Gasteiger partial charge is 0.321 e. The molecule has 214 valence electrons. The van der Waals surface area contributed by atoms with Crippen molar-refractivity contribution >= 4 is 34.9 Å². The van der Waals surface area contributed by atoms with Gasteiger partial charge in [0, 0.05) is 43.0 Å². The number of carbonyl (C=O) groups is 3. The normalized spacial score (nSPS) is 22.8. The molecule has 0 spiro atoms. The van der Waals surface area contributed by atoms with E-state index in [1.165, 1.54) is 4.90 Å². The number of amides is 4. The number of carbonyl (C=O) groups excluding carboxylic acids is 3. The van der Waals surface area contributed by atoms with Crippen molar-refractivity contribution in [1.29, 1.82) is 5.26 Å². The molecule has 0 bridgehead atoms. The van der Waals surface area contributed by atoms with Gasteiger partial charge in [-0.25, -0.2) is 4.79 Å². The fraction of sp³-hybridized carbons (Fsp3) is 0.433. The predicted octanol–water partition coefficient (Wildman–Crippen LogP) is 2.57. The Labute approximate surface area is 239 Å². The minimum Gasteiger partial charge on any atom is -0.379 e. The Kier molecular flexibility index (Phi) is 8.61. The molecule has 3 aliphatic rings. The first-order valence-electron chi connectivity index (χ1n) is 14.0. The van der Waals surface area contributed by atoms with Crippen LogP contribution in [0.1, 0.15) is 37.8 Å². The number of nitriles is 1. The molecule has 41 heavy (non-hydrogen) atoms. The highest BCUT2D eigenvalue weighted by Gasteiger charge is 2.37. The molecule has 2 aromatic carbocycles. The van der Waals surface area contributed by atoms with Gasteiger partial charge in [-0.15, -0.1) is 0 Å². The fourth-order valence-corrected chi connectivity index (χ4v) is 5.72. The van der Waals surface area contributed by atoms with Crippen molar-refractivity contribution in [2.45, 2.75) is 44.9 Å². The molecule has 0 saturated carbocycles. The summed E-state index contributed by atoms with van der Waals surface area (Å²) in [4.78, 5) is 51.0. The zero-order valence-corrected chi connectivity index (χ0v) is 23.4. The molecule has 0 aliphatic carbocycles. The molecule has 3 aliphatic heterocycles. The summed E-state index contributed by atoms with van der Waals surface area (Å²) in [5, 5.41) is 14.6. The van der Waals surface area contributed by atoms with Crippen molar-refractivity contribution in [2.24, 2.45) is 4.99 Å². The van der Waals surface area contributed by atoms with E-state index in [0.29, 0.717) is 42.4 Å². The third kappa shape index (κ3) is 6.39. The quantitative estimate of drug-likeness (QED) is 0.562. The Morgan fingerprint density at radius 3 is 2.54 bits per heavy atom. The Morgan fingerprint density at radius 1 is 1.07 bits per heavy atom. The van der Waals surface area contributed by atoms with Crippen LogP contribution in [-0.4, -0.2) is 91.0 Å². The Morgan fingerprint density at radius 2 is 1.80 bits per heavy atom. The molecule has 0 aromatic heterocycles. The van der Waals surface area contributed by atoms with Gasteiger partial charge in [-0.3, -0.25) is 24.4 Å². The van der Waals surface area contributed by atoms with Gasteiger partial charge >= 0.3 is 6.03 Å². The second-order valence-corrected chi connectivity index (χ2v) is 10.7. The van der Waals surface area contributed by atoms with E-state index in [1.54, 1.807) is 24.3 Å². The minimum atomic E-state index is -1.26. The van der Waals surface area contributed by atoms with Crippen molar-refractivity contribution in [3.8, 4) is 6.07 Å². The number of para-hydroxylation sites is 1. The van der Waals surface area contributed by atoms with Crippen molar-refractivity contribution < 1.29 is 19.1 Å². The second-order valence-electron chi connectivity index (χ2n) is 10.7. The number of benzodiazepines with no additional fused rings is 1. The van der Waals surface area contributed by atoms with E-state index in [9.17, 15) is 19.6 Å². The average Bonchev–Trinajstić information content (AvgIpc) is 3.28. The largest absolute Gasteiger partial charge is 0.379 e. The number of anilines is 2. The third-order valence-electron chi connectivity index (χ3n) is 7.82. The lowest BCUT2D eigenvalue weighted by Gasteiger charge is -2.31. The van der Waals surface area contributed by atoms with Gasteiger partial charge in [-0.1, -0.05) is 24.3 Å². The SMILES string of the molecule is C[C@@H]1CC[C@H](C)N1C(=O)CN1C(=O)C(NC(=O)Nc2cccc(C#N)c2)N=C(CN2CCOCC2)c2ccccc21. The van der Waals surface area contributed by atoms with Crippen LogP contribution in [0.4, 0.5) is 16.2 Å². The van der Waals surface area contributed by atoms with Gasteiger partial charge in [0.2, 0.25) is 12.1 Å². The molecule has 11 nitrogen and oxygen atoms in total. The van der Waals surface area contributed by atoms with Gasteiger partial charge in [0.1, 0.15) is 6.54 Å². The number of likely N-dealkylation sites (tertiary alicyclic amines) is 1. The maximum absolute atomic E-state index is 14.1. The lowest BCUT2D eigenvalue weighted by atomic mass is 10.1. The number of rotatable bonds is 6. The number of hydrogen-bond donors (Lipinski definition) is 2. The van der Waals surface area contributed by atoms with E-state index < -0.39 is 18.1 Å². The van der Waals surface area contributed by atoms with E-state index in [0.717, 1.165) is 31.5 Å². The maximum atomic E-state index is 14.1. The molecular weight excluding hydrogens is 522 g/mol. The summed E-state index contributed by atoms with van der Waals surface area (Å²) in [6.07, 6.45) is 0.572. The fourth-order valence-electron chi connectivity index (χ4n) is 5.72. The lowest BCUT2D eigenvalue weighted by molar-refractivity contribution is -0.133. The molecular formula is C30H35N7O4. The van der Waals surface area contributed by atoms with Crippen LogP contribution in [0.2, 0.25) is 0 Å². The van der Waals surface area contributed by atoms with Crippen LogP contribution >= 0.6 is 0 Å². The molecule has 2 fully saturated rings. The topological polar surface area (TPSA) is 130 Å². The molecule has 5 rings (SSSR count). The van der Waals surface area contributed by atoms with Gasteiger partial charge in [0.15, 0.2) is 0 Å². The maximum Gasteiger partial charge on any atom is 0.321 e. The molecule has 11 heteroatoms. The van der Waals surface area contributed by atoms with E-state index in [-0.39, 0.29) is 24.5 Å². The van der Waals surface area contributed by atoms with E-state index >= 15 is 0 Å². The van der Waals surface area contributed by atoms with Gasteiger partial charge in [-0.05, 0) is 51.0 Å². The van der Waals surface area contributed by atoms with Crippen molar-refractivity contribution in [3.63, 3.8) is 0 Å². The van der Waals surface area contributed by atoms with Gasteiger partial charge < -0.3 is 20.3 Å². The summed E-state index contributed by atoms with van der Waals surface area (Å²) in [5.74, 6) is -0.637. The number of ether oxygens (including phenoxy) is 1. The molecule has 3 heterocycles. The molecule has 2 aromatic rings. The summed E-state index contributed by atoms with van der Waals surface area (Å²) in [6, 6.07) is 15.5. The molecule has 4 amide bonds. The summed E-state index contributed by atoms with van der Waals surface area (Å²) in [5.41, 5.74) is 2.78. The zero-order chi connectivity index (χ0) is 28.9. The molecule has 2 N–H and O–H groups in total. The number of urea groups is 1. The first-order valence-corrected chi connectivity index (χ1v) is 14.0. The van der Waals surface area contributed by atoms with E-state index in [2.05, 4.69) is 15.5 Å². The van der Waals surface area contributed by atoms with Gasteiger partial charge in [0.05, 0.1) is 36.2 Å². The summed E-state index contributed by atoms with van der Waals surface area (Å²) in [7, 11) is 0. The molecule has 2 saturated heterocycles. The monoisotopic (exact) mass is 557 g/mol. The minimum absolute atomic E-state index is 0.0897. The Bertz CT molecular complexity index is 1370. The molecule has 0 radical (unpaired) electrons.